The summed E-state index contributed by atoms with van der Waals surface area (Å²) in [7, 11) is -6.10. The first-order valence-corrected chi connectivity index (χ1v) is 11.3. The van der Waals surface area contributed by atoms with E-state index in [4.69, 9.17) is 16.3 Å². The van der Waals surface area contributed by atoms with Crippen molar-refractivity contribution in [2.45, 2.75) is 16.3 Å². The molecule has 0 aliphatic carbocycles. The van der Waals surface area contributed by atoms with Crippen LogP contribution in [-0.2, 0) is 20.0 Å². The minimum atomic E-state index is -3.80. The fourth-order valence-corrected chi connectivity index (χ4v) is 6.01. The summed E-state index contributed by atoms with van der Waals surface area (Å²) in [5.41, 5.74) is 0. The van der Waals surface area contributed by atoms with Crippen LogP contribution in [0, 0.1) is 0 Å². The molecule has 1 N–H and O–H groups in total. The third-order valence-corrected chi connectivity index (χ3v) is 8.28. The second-order valence-electron chi connectivity index (χ2n) is 5.87. The van der Waals surface area contributed by atoms with Gasteiger partial charge in [-0.2, -0.15) is 8.61 Å². The lowest BCUT2D eigenvalue weighted by atomic mass is 10.3. The number of sulfonamides is 2. The Kier molecular flexibility index (Phi) is 5.77. The van der Waals surface area contributed by atoms with Gasteiger partial charge >= 0.3 is 0 Å². The first kappa shape index (κ1) is 20.1. The molecule has 3 rings (SSSR count). The molecule has 1 fully saturated rings. The molecule has 2 aromatic rings. The molecule has 1 aliphatic rings. The number of hydrogen-bond acceptors (Lipinski definition) is 6. The van der Waals surface area contributed by atoms with Crippen LogP contribution in [0.15, 0.2) is 40.6 Å². The van der Waals surface area contributed by atoms with Gasteiger partial charge in [-0.15, -0.1) is 0 Å². The van der Waals surface area contributed by atoms with Gasteiger partial charge in [-0.3, -0.25) is 0 Å². The molecule has 1 aromatic carbocycles. The summed E-state index contributed by atoms with van der Waals surface area (Å²) < 4.78 is 58.6. The summed E-state index contributed by atoms with van der Waals surface area (Å²) in [4.78, 5) is 6.35. The van der Waals surface area contributed by atoms with Crippen molar-refractivity contribution in [2.24, 2.45) is 0 Å². The zero-order chi connectivity index (χ0) is 19.7. The Labute approximate surface area is 163 Å². The number of ether oxygens (including phenoxy) is 1. The fraction of sp³-hybridized carbons (Fsp3) is 0.400. The van der Waals surface area contributed by atoms with E-state index in [-0.39, 0.29) is 41.1 Å². The van der Waals surface area contributed by atoms with Gasteiger partial charge in [-0.1, -0.05) is 11.6 Å². The molecule has 12 heteroatoms. The number of hydrogen-bond donors (Lipinski definition) is 1. The molecule has 9 nitrogen and oxygen atoms in total. The van der Waals surface area contributed by atoms with Crippen molar-refractivity contribution in [1.82, 2.24) is 18.6 Å². The van der Waals surface area contributed by atoms with Crippen LogP contribution in [0.4, 0.5) is 0 Å². The molecule has 2 heterocycles. The Balaban J connectivity index is 1.80. The Hall–Kier alpha value is -1.66. The smallest absolute Gasteiger partial charge is 0.260 e. The van der Waals surface area contributed by atoms with Gasteiger partial charge in [0.1, 0.15) is 5.75 Å². The number of aromatic amines is 1. The molecule has 1 aliphatic heterocycles. The van der Waals surface area contributed by atoms with Crippen LogP contribution < -0.4 is 4.74 Å². The van der Waals surface area contributed by atoms with Gasteiger partial charge in [0.15, 0.2) is 5.03 Å². The molecule has 0 radical (unpaired) electrons. The topological polar surface area (TPSA) is 113 Å². The highest BCUT2D eigenvalue weighted by Crippen LogP contribution is 2.29. The van der Waals surface area contributed by atoms with Crippen LogP contribution in [0.25, 0.3) is 0 Å². The maximum Gasteiger partial charge on any atom is 0.260 e. The SMILES string of the molecule is COc1ccc(S(=O)(=O)N2CCCN(S(=O)(=O)c3cnc[nH]3)CC2)cc1Cl. The van der Waals surface area contributed by atoms with Crippen molar-refractivity contribution in [1.29, 1.82) is 0 Å². The van der Waals surface area contributed by atoms with E-state index < -0.39 is 20.0 Å². The molecular weight excluding hydrogens is 416 g/mol. The highest BCUT2D eigenvalue weighted by atomic mass is 35.5. The van der Waals surface area contributed by atoms with E-state index in [2.05, 4.69) is 9.97 Å². The van der Waals surface area contributed by atoms with Gasteiger partial charge in [0.05, 0.1) is 29.6 Å². The van der Waals surface area contributed by atoms with Gasteiger partial charge in [0.2, 0.25) is 10.0 Å². The van der Waals surface area contributed by atoms with Crippen LogP contribution in [0.2, 0.25) is 5.02 Å². The molecule has 0 bridgehead atoms. The Morgan fingerprint density at radius 2 is 1.74 bits per heavy atom. The number of nitrogens with one attached hydrogen (secondary N) is 1. The molecule has 0 saturated carbocycles. The van der Waals surface area contributed by atoms with E-state index in [0.717, 1.165) is 0 Å². The number of halogens is 1. The molecule has 0 unspecified atom stereocenters. The predicted molar refractivity (Wildman–Crippen MR) is 98.7 cm³/mol. The first-order valence-electron chi connectivity index (χ1n) is 8.09. The maximum atomic E-state index is 12.9. The zero-order valence-electron chi connectivity index (χ0n) is 14.5. The van der Waals surface area contributed by atoms with E-state index in [1.54, 1.807) is 0 Å². The minimum absolute atomic E-state index is 0.0132. The highest BCUT2D eigenvalue weighted by Gasteiger charge is 2.32. The van der Waals surface area contributed by atoms with E-state index in [1.165, 1.54) is 46.4 Å². The maximum absolute atomic E-state index is 12.9. The van der Waals surface area contributed by atoms with Gasteiger partial charge < -0.3 is 9.72 Å². The summed E-state index contributed by atoms with van der Waals surface area (Å²) in [5.74, 6) is 0.378. The number of methoxy groups -OCH3 is 1. The van der Waals surface area contributed by atoms with E-state index >= 15 is 0 Å². The summed E-state index contributed by atoms with van der Waals surface area (Å²) >= 11 is 6.04. The van der Waals surface area contributed by atoms with Gasteiger partial charge in [-0.25, -0.2) is 21.8 Å². The summed E-state index contributed by atoms with van der Waals surface area (Å²) in [6.07, 6.45) is 2.89. The van der Waals surface area contributed by atoms with Crippen molar-refractivity contribution >= 4 is 31.6 Å². The normalized spacial score (nSPS) is 17.6. The summed E-state index contributed by atoms with van der Waals surface area (Å²) in [6.45, 7) is 0.515. The molecule has 1 saturated heterocycles. The second kappa shape index (κ2) is 7.76. The van der Waals surface area contributed by atoms with Crippen molar-refractivity contribution in [3.8, 4) is 5.75 Å². The molecule has 0 atom stereocenters. The fourth-order valence-electron chi connectivity index (χ4n) is 2.83. The van der Waals surface area contributed by atoms with E-state index in [9.17, 15) is 16.8 Å². The number of imidazole rings is 1. The van der Waals surface area contributed by atoms with Crippen molar-refractivity contribution < 1.29 is 21.6 Å². The monoisotopic (exact) mass is 434 g/mol. The van der Waals surface area contributed by atoms with Crippen LogP contribution in [-0.4, -0.2) is 68.7 Å². The quantitative estimate of drug-likeness (QED) is 0.755. The van der Waals surface area contributed by atoms with Crippen molar-refractivity contribution in [3.05, 3.63) is 35.7 Å². The van der Waals surface area contributed by atoms with E-state index in [1.807, 2.05) is 0 Å². The lowest BCUT2D eigenvalue weighted by Crippen LogP contribution is -2.37. The number of nitrogens with zero attached hydrogens (tertiary/aromatic N) is 3. The third kappa shape index (κ3) is 3.97. The van der Waals surface area contributed by atoms with Crippen LogP contribution in [0.5, 0.6) is 5.75 Å². The number of benzene rings is 1. The average Bonchev–Trinajstić information content (AvgIpc) is 3.06. The molecular formula is C15H19ClN4O5S2. The molecule has 0 spiro atoms. The number of H-pyrrole nitrogens is 1. The second-order valence-corrected chi connectivity index (χ2v) is 10.1. The van der Waals surface area contributed by atoms with E-state index in [0.29, 0.717) is 12.2 Å². The molecule has 0 amide bonds. The standard InChI is InChI=1S/C15H19ClN4O5S2/c1-25-14-4-3-12(9-13(14)16)26(21,22)19-5-2-6-20(8-7-19)27(23,24)15-10-17-11-18-15/h3-4,9-11H,2,5-8H2,1H3,(H,17,18). The highest BCUT2D eigenvalue weighted by molar-refractivity contribution is 7.89. The Morgan fingerprint density at radius 1 is 1.07 bits per heavy atom. The van der Waals surface area contributed by atoms with Crippen LogP contribution in [0.1, 0.15) is 6.42 Å². The van der Waals surface area contributed by atoms with Crippen LogP contribution >= 0.6 is 11.6 Å². The number of aromatic nitrogens is 2. The predicted octanol–water partition coefficient (Wildman–Crippen LogP) is 1.16. The van der Waals surface area contributed by atoms with Crippen LogP contribution in [0.3, 0.4) is 0 Å². The Bertz CT molecular complexity index is 1010. The first-order chi connectivity index (χ1) is 12.8. The Morgan fingerprint density at radius 3 is 2.30 bits per heavy atom. The summed E-state index contributed by atoms with van der Waals surface area (Å²) in [5, 5.41) is 0.178. The minimum Gasteiger partial charge on any atom is -0.495 e. The van der Waals surface area contributed by atoms with Crippen molar-refractivity contribution in [3.63, 3.8) is 0 Å². The molecule has 148 valence electrons. The summed E-state index contributed by atoms with van der Waals surface area (Å²) in [6, 6.07) is 4.24. The van der Waals surface area contributed by atoms with Gasteiger partial charge in [-0.05, 0) is 24.6 Å². The molecule has 1 aromatic heterocycles. The van der Waals surface area contributed by atoms with Gasteiger partial charge in [0.25, 0.3) is 10.0 Å². The zero-order valence-corrected chi connectivity index (χ0v) is 16.9. The molecule has 27 heavy (non-hydrogen) atoms. The lowest BCUT2D eigenvalue weighted by Gasteiger charge is -2.21. The van der Waals surface area contributed by atoms with Gasteiger partial charge in [0, 0.05) is 26.2 Å². The third-order valence-electron chi connectivity index (χ3n) is 4.27. The van der Waals surface area contributed by atoms with Crippen molar-refractivity contribution in [2.75, 3.05) is 33.3 Å². The largest absolute Gasteiger partial charge is 0.495 e. The lowest BCUT2D eigenvalue weighted by molar-refractivity contribution is 0.403. The average molecular weight is 435 g/mol. The number of rotatable bonds is 5.